The zero-order valence-corrected chi connectivity index (χ0v) is 10.7. The molecule has 0 saturated heterocycles. The Balaban J connectivity index is 2.31. The van der Waals surface area contributed by atoms with Crippen LogP contribution in [0.3, 0.4) is 0 Å². The predicted octanol–water partition coefficient (Wildman–Crippen LogP) is 1.67. The number of carbonyl (C=O) groups excluding carboxylic acids is 1. The van der Waals surface area contributed by atoms with E-state index in [-0.39, 0.29) is 19.0 Å². The number of thiophene rings is 1. The number of aryl methyl sites for hydroxylation is 1. The summed E-state index contributed by atoms with van der Waals surface area (Å²) >= 11 is 1.63. The van der Waals surface area contributed by atoms with E-state index >= 15 is 0 Å². The number of hydrogen-bond acceptors (Lipinski definition) is 3. The van der Waals surface area contributed by atoms with E-state index in [9.17, 15) is 9.59 Å². The molecule has 0 aliphatic carbocycles. The van der Waals surface area contributed by atoms with E-state index in [1.807, 2.05) is 19.1 Å². The van der Waals surface area contributed by atoms with Gasteiger partial charge in [-0.05, 0) is 19.1 Å². The number of nitrogens with zero attached hydrogens (tertiary/aromatic N) is 1. The molecule has 2 N–H and O–H groups in total. The predicted molar refractivity (Wildman–Crippen MR) is 66.2 cm³/mol. The summed E-state index contributed by atoms with van der Waals surface area (Å²) in [5.41, 5.74) is 0. The fraction of sp³-hybridized carbons (Fsp3) is 0.455. The van der Waals surface area contributed by atoms with Crippen LogP contribution in [0.4, 0.5) is 4.79 Å². The van der Waals surface area contributed by atoms with Crippen molar-refractivity contribution in [3.8, 4) is 0 Å². The Morgan fingerprint density at radius 2 is 2.18 bits per heavy atom. The molecule has 1 rings (SSSR count). The number of carbonyl (C=O) groups is 2. The standard InChI is InChI=1S/C11H16N2O3S/c1-8-3-4-9(17-8)7-12-11(16)13(2)6-5-10(14)15/h3-4H,5-7H2,1-2H3,(H,12,16)(H,14,15). The largest absolute Gasteiger partial charge is 0.481 e. The molecule has 0 aliphatic heterocycles. The van der Waals surface area contributed by atoms with E-state index in [0.717, 1.165) is 4.88 Å². The van der Waals surface area contributed by atoms with E-state index in [2.05, 4.69) is 5.32 Å². The van der Waals surface area contributed by atoms with Crippen LogP contribution in [0.1, 0.15) is 16.2 Å². The van der Waals surface area contributed by atoms with Gasteiger partial charge in [0.2, 0.25) is 0 Å². The molecule has 0 spiro atoms. The van der Waals surface area contributed by atoms with Crippen molar-refractivity contribution in [2.24, 2.45) is 0 Å². The smallest absolute Gasteiger partial charge is 0.317 e. The number of amides is 2. The minimum Gasteiger partial charge on any atom is -0.481 e. The quantitative estimate of drug-likeness (QED) is 0.842. The maximum absolute atomic E-state index is 11.6. The molecule has 2 amide bonds. The van der Waals surface area contributed by atoms with Crippen molar-refractivity contribution in [2.75, 3.05) is 13.6 Å². The van der Waals surface area contributed by atoms with Gasteiger partial charge in [0.05, 0.1) is 13.0 Å². The zero-order valence-electron chi connectivity index (χ0n) is 9.90. The summed E-state index contributed by atoms with van der Waals surface area (Å²) in [6.07, 6.45) is -0.0397. The second kappa shape index (κ2) is 6.24. The highest BCUT2D eigenvalue weighted by Gasteiger charge is 2.09. The van der Waals surface area contributed by atoms with E-state index in [0.29, 0.717) is 6.54 Å². The Hall–Kier alpha value is -1.56. The summed E-state index contributed by atoms with van der Waals surface area (Å²) in [5.74, 6) is -0.904. The Kier molecular flexibility index (Phi) is 4.96. The first-order chi connectivity index (χ1) is 7.99. The molecule has 0 radical (unpaired) electrons. The van der Waals surface area contributed by atoms with Gasteiger partial charge in [-0.3, -0.25) is 4.79 Å². The van der Waals surface area contributed by atoms with Gasteiger partial charge < -0.3 is 15.3 Å². The van der Waals surface area contributed by atoms with Crippen LogP contribution >= 0.6 is 11.3 Å². The van der Waals surface area contributed by atoms with Crippen molar-refractivity contribution in [3.05, 3.63) is 21.9 Å². The van der Waals surface area contributed by atoms with Crippen LogP contribution < -0.4 is 5.32 Å². The third kappa shape index (κ3) is 4.86. The van der Waals surface area contributed by atoms with Crippen LogP contribution in [0.2, 0.25) is 0 Å². The molecule has 94 valence electrons. The number of aliphatic carboxylic acids is 1. The fourth-order valence-corrected chi connectivity index (χ4v) is 2.07. The molecule has 0 unspecified atom stereocenters. The Bertz CT molecular complexity index is 403. The highest BCUT2D eigenvalue weighted by atomic mass is 32.1. The van der Waals surface area contributed by atoms with Gasteiger partial charge in [-0.15, -0.1) is 11.3 Å². The first kappa shape index (κ1) is 13.5. The van der Waals surface area contributed by atoms with Crippen LogP contribution in [0, 0.1) is 6.92 Å². The molecule has 1 aromatic heterocycles. The summed E-state index contributed by atoms with van der Waals surface area (Å²) in [6, 6.07) is 3.72. The molecule has 17 heavy (non-hydrogen) atoms. The third-order valence-electron chi connectivity index (χ3n) is 2.22. The second-order valence-electron chi connectivity index (χ2n) is 3.74. The van der Waals surface area contributed by atoms with Gasteiger partial charge in [0.15, 0.2) is 0 Å². The Morgan fingerprint density at radius 1 is 1.47 bits per heavy atom. The van der Waals surface area contributed by atoms with Crippen LogP contribution in [0.15, 0.2) is 12.1 Å². The van der Waals surface area contributed by atoms with Gasteiger partial charge in [0, 0.05) is 23.3 Å². The number of hydrogen-bond donors (Lipinski definition) is 2. The van der Waals surface area contributed by atoms with Crippen molar-refractivity contribution in [1.29, 1.82) is 0 Å². The maximum atomic E-state index is 11.6. The average Bonchev–Trinajstić information content (AvgIpc) is 2.68. The lowest BCUT2D eigenvalue weighted by Crippen LogP contribution is -2.37. The highest BCUT2D eigenvalue weighted by molar-refractivity contribution is 7.11. The third-order valence-corrected chi connectivity index (χ3v) is 3.22. The molecule has 1 aromatic rings. The molecule has 0 saturated carbocycles. The summed E-state index contributed by atoms with van der Waals surface area (Å²) < 4.78 is 0. The molecular weight excluding hydrogens is 240 g/mol. The molecule has 0 fully saturated rings. The lowest BCUT2D eigenvalue weighted by atomic mass is 10.4. The van der Waals surface area contributed by atoms with E-state index < -0.39 is 5.97 Å². The van der Waals surface area contributed by atoms with Crippen molar-refractivity contribution in [3.63, 3.8) is 0 Å². The molecule has 0 aliphatic rings. The first-order valence-corrected chi connectivity index (χ1v) is 6.06. The van der Waals surface area contributed by atoms with Crippen LogP contribution in [0.5, 0.6) is 0 Å². The number of nitrogens with one attached hydrogen (secondary N) is 1. The summed E-state index contributed by atoms with van der Waals surface area (Å²) in [5, 5.41) is 11.2. The minimum absolute atomic E-state index is 0.0397. The maximum Gasteiger partial charge on any atom is 0.317 e. The number of carboxylic acid groups (broad SMARTS) is 1. The molecule has 0 aromatic carbocycles. The lowest BCUT2D eigenvalue weighted by molar-refractivity contribution is -0.137. The SMILES string of the molecule is Cc1ccc(CNC(=O)N(C)CCC(=O)O)s1. The van der Waals surface area contributed by atoms with Crippen LogP contribution in [-0.4, -0.2) is 35.6 Å². The van der Waals surface area contributed by atoms with Crippen molar-refractivity contribution in [2.45, 2.75) is 19.9 Å². The van der Waals surface area contributed by atoms with Gasteiger partial charge in [0.1, 0.15) is 0 Å². The fourth-order valence-electron chi connectivity index (χ4n) is 1.24. The van der Waals surface area contributed by atoms with Crippen molar-refractivity contribution in [1.82, 2.24) is 10.2 Å². The normalized spacial score (nSPS) is 10.0. The molecule has 0 atom stereocenters. The minimum atomic E-state index is -0.904. The zero-order chi connectivity index (χ0) is 12.8. The molecule has 5 nitrogen and oxygen atoms in total. The molecule has 6 heteroatoms. The van der Waals surface area contributed by atoms with Gasteiger partial charge in [-0.1, -0.05) is 0 Å². The molecular formula is C11H16N2O3S. The van der Waals surface area contributed by atoms with Gasteiger partial charge in [0.25, 0.3) is 0 Å². The van der Waals surface area contributed by atoms with Gasteiger partial charge >= 0.3 is 12.0 Å². The molecule has 0 bridgehead atoms. The van der Waals surface area contributed by atoms with Gasteiger partial charge in [-0.25, -0.2) is 4.79 Å². The Morgan fingerprint density at radius 3 is 2.71 bits per heavy atom. The van der Waals surface area contributed by atoms with E-state index in [4.69, 9.17) is 5.11 Å². The van der Waals surface area contributed by atoms with E-state index in [1.54, 1.807) is 18.4 Å². The summed E-state index contributed by atoms with van der Waals surface area (Å²) in [4.78, 5) is 25.6. The summed E-state index contributed by atoms with van der Waals surface area (Å²) in [6.45, 7) is 2.70. The van der Waals surface area contributed by atoms with Crippen LogP contribution in [0.25, 0.3) is 0 Å². The first-order valence-electron chi connectivity index (χ1n) is 5.25. The average molecular weight is 256 g/mol. The number of urea groups is 1. The van der Waals surface area contributed by atoms with Gasteiger partial charge in [-0.2, -0.15) is 0 Å². The summed E-state index contributed by atoms with van der Waals surface area (Å²) in [7, 11) is 1.58. The lowest BCUT2D eigenvalue weighted by Gasteiger charge is -2.16. The van der Waals surface area contributed by atoms with Crippen molar-refractivity contribution < 1.29 is 14.7 Å². The molecule has 1 heterocycles. The number of carboxylic acids is 1. The highest BCUT2D eigenvalue weighted by Crippen LogP contribution is 2.14. The second-order valence-corrected chi connectivity index (χ2v) is 5.11. The number of rotatable bonds is 5. The van der Waals surface area contributed by atoms with Crippen molar-refractivity contribution >= 4 is 23.3 Å². The monoisotopic (exact) mass is 256 g/mol. The topological polar surface area (TPSA) is 69.6 Å². The van der Waals surface area contributed by atoms with E-state index in [1.165, 1.54) is 9.78 Å². The van der Waals surface area contributed by atoms with Crippen LogP contribution in [-0.2, 0) is 11.3 Å². The Labute approximate surface area is 104 Å².